The molecule has 1 heterocycles. The quantitative estimate of drug-likeness (QED) is 0.454. The highest BCUT2D eigenvalue weighted by Gasteiger charge is 2.25. The molecule has 0 radical (unpaired) electrons. The fourth-order valence-electron chi connectivity index (χ4n) is 2.81. The van der Waals surface area contributed by atoms with E-state index in [4.69, 9.17) is 37.4 Å². The average Bonchev–Trinajstić information content (AvgIpc) is 3.50. The average molecular weight is 401 g/mol. The molecule has 3 aromatic rings. The van der Waals surface area contributed by atoms with Gasteiger partial charge in [0.25, 0.3) is 0 Å². The van der Waals surface area contributed by atoms with Gasteiger partial charge in [-0.2, -0.15) is 0 Å². The maximum atomic E-state index is 6.44. The minimum absolute atomic E-state index is 0.152. The molecule has 27 heavy (non-hydrogen) atoms. The Labute approximate surface area is 168 Å². The van der Waals surface area contributed by atoms with Crippen LogP contribution in [0.3, 0.4) is 0 Å². The number of para-hydroxylation sites is 1. The molecule has 0 spiro atoms. The van der Waals surface area contributed by atoms with E-state index >= 15 is 0 Å². The highest BCUT2D eigenvalue weighted by molar-refractivity contribution is 6.39. The lowest BCUT2D eigenvalue weighted by Crippen LogP contribution is -2.07. The van der Waals surface area contributed by atoms with Gasteiger partial charge in [0.05, 0.1) is 16.7 Å². The summed E-state index contributed by atoms with van der Waals surface area (Å²) in [7, 11) is 0. The number of epoxide rings is 1. The molecule has 0 unspecified atom stereocenters. The van der Waals surface area contributed by atoms with Gasteiger partial charge in [0.15, 0.2) is 11.5 Å². The van der Waals surface area contributed by atoms with Crippen molar-refractivity contribution in [3.05, 3.63) is 82.3 Å². The minimum atomic E-state index is 0.152. The van der Waals surface area contributed by atoms with E-state index < -0.39 is 0 Å². The van der Waals surface area contributed by atoms with Gasteiger partial charge in [-0.15, -0.1) is 0 Å². The molecule has 1 aliphatic rings. The summed E-state index contributed by atoms with van der Waals surface area (Å²) in [5.74, 6) is 1.27. The molecule has 0 saturated carbocycles. The summed E-state index contributed by atoms with van der Waals surface area (Å²) in [5.41, 5.74) is 2.60. The second-order valence-corrected chi connectivity index (χ2v) is 7.08. The van der Waals surface area contributed by atoms with Crippen molar-refractivity contribution in [3.63, 3.8) is 0 Å². The lowest BCUT2D eigenvalue weighted by Gasteiger charge is -2.18. The highest BCUT2D eigenvalue weighted by atomic mass is 35.5. The summed E-state index contributed by atoms with van der Waals surface area (Å²) in [5, 5.41) is 1.13. The van der Waals surface area contributed by atoms with E-state index in [1.165, 1.54) is 0 Å². The second kappa shape index (κ2) is 8.22. The summed E-state index contributed by atoms with van der Waals surface area (Å²) >= 11 is 12.9. The second-order valence-electron chi connectivity index (χ2n) is 6.27. The van der Waals surface area contributed by atoms with Crippen molar-refractivity contribution in [1.82, 2.24) is 0 Å². The number of ether oxygens (including phenoxy) is 3. The Morgan fingerprint density at radius 2 is 1.56 bits per heavy atom. The molecule has 0 aromatic heterocycles. The van der Waals surface area contributed by atoms with Crippen molar-refractivity contribution in [1.29, 1.82) is 0 Å². The van der Waals surface area contributed by atoms with Crippen LogP contribution in [0, 0.1) is 0 Å². The summed E-state index contributed by atoms with van der Waals surface area (Å²) in [6, 6.07) is 21.2. The van der Waals surface area contributed by atoms with Crippen LogP contribution in [0.1, 0.15) is 5.56 Å². The van der Waals surface area contributed by atoms with Crippen LogP contribution in [-0.4, -0.2) is 19.3 Å². The van der Waals surface area contributed by atoms with Crippen molar-refractivity contribution in [2.45, 2.75) is 12.7 Å². The van der Waals surface area contributed by atoms with Crippen LogP contribution < -0.4 is 9.47 Å². The van der Waals surface area contributed by atoms with Crippen molar-refractivity contribution < 1.29 is 14.2 Å². The topological polar surface area (TPSA) is 31.0 Å². The molecule has 3 aromatic carbocycles. The lowest BCUT2D eigenvalue weighted by atomic mass is 10.0. The Hall–Kier alpha value is -2.20. The fourth-order valence-corrected chi connectivity index (χ4v) is 3.41. The summed E-state index contributed by atoms with van der Waals surface area (Å²) < 4.78 is 17.4. The Balaban J connectivity index is 1.71. The molecule has 3 nitrogen and oxygen atoms in total. The molecule has 4 rings (SSSR count). The molecule has 1 saturated heterocycles. The summed E-state index contributed by atoms with van der Waals surface area (Å²) in [6.45, 7) is 1.63. The van der Waals surface area contributed by atoms with Crippen molar-refractivity contribution in [2.75, 3.05) is 13.2 Å². The Bertz CT molecular complexity index is 904. The zero-order valence-corrected chi connectivity index (χ0v) is 16.0. The van der Waals surface area contributed by atoms with Crippen LogP contribution in [0.15, 0.2) is 66.7 Å². The molecule has 1 atom stereocenters. The standard InChI is InChI=1S/C22H18Cl2O3/c23-18-9-5-10-19(24)21(18)17-8-4-11-20(26-14-16-13-25-16)22(17)27-12-15-6-2-1-3-7-15/h1-11,16H,12-14H2/t16-/m1/s1. The van der Waals surface area contributed by atoms with E-state index in [0.29, 0.717) is 34.8 Å². The Kier molecular flexibility index (Phi) is 5.53. The van der Waals surface area contributed by atoms with Gasteiger partial charge < -0.3 is 14.2 Å². The Morgan fingerprint density at radius 3 is 2.26 bits per heavy atom. The Morgan fingerprint density at radius 1 is 0.852 bits per heavy atom. The van der Waals surface area contributed by atoms with Gasteiger partial charge in [0.1, 0.15) is 19.3 Å². The SMILES string of the molecule is Clc1cccc(Cl)c1-c1cccc(OC[C@H]2CO2)c1OCc1ccccc1. The first-order valence-electron chi connectivity index (χ1n) is 8.71. The predicted molar refractivity (Wildman–Crippen MR) is 108 cm³/mol. The van der Waals surface area contributed by atoms with Crippen LogP contribution in [-0.2, 0) is 11.3 Å². The molecule has 5 heteroatoms. The molecule has 0 bridgehead atoms. The van der Waals surface area contributed by atoms with Gasteiger partial charge in [-0.3, -0.25) is 0 Å². The number of hydrogen-bond acceptors (Lipinski definition) is 3. The molecular formula is C22H18Cl2O3. The van der Waals surface area contributed by atoms with Crippen molar-refractivity contribution in [3.8, 4) is 22.6 Å². The zero-order valence-electron chi connectivity index (χ0n) is 14.5. The number of halogens is 2. The molecule has 1 fully saturated rings. The maximum Gasteiger partial charge on any atom is 0.169 e. The highest BCUT2D eigenvalue weighted by Crippen LogP contribution is 2.44. The zero-order chi connectivity index (χ0) is 18.6. The van der Waals surface area contributed by atoms with Crippen molar-refractivity contribution in [2.24, 2.45) is 0 Å². The largest absolute Gasteiger partial charge is 0.487 e. The molecule has 0 aliphatic carbocycles. The normalized spacial score (nSPS) is 15.4. The van der Waals surface area contributed by atoms with Gasteiger partial charge in [-0.25, -0.2) is 0 Å². The third kappa shape index (κ3) is 4.38. The van der Waals surface area contributed by atoms with E-state index in [0.717, 1.165) is 23.3 Å². The lowest BCUT2D eigenvalue weighted by molar-refractivity contribution is 0.238. The van der Waals surface area contributed by atoms with E-state index in [2.05, 4.69) is 0 Å². The molecule has 0 N–H and O–H groups in total. The van der Waals surface area contributed by atoms with Crippen LogP contribution in [0.5, 0.6) is 11.5 Å². The van der Waals surface area contributed by atoms with Gasteiger partial charge in [0.2, 0.25) is 0 Å². The smallest absolute Gasteiger partial charge is 0.169 e. The first-order chi connectivity index (χ1) is 13.2. The van der Waals surface area contributed by atoms with Gasteiger partial charge in [-0.1, -0.05) is 71.7 Å². The van der Waals surface area contributed by atoms with Gasteiger partial charge in [0, 0.05) is 11.1 Å². The molecule has 138 valence electrons. The van der Waals surface area contributed by atoms with E-state index in [1.54, 1.807) is 0 Å². The van der Waals surface area contributed by atoms with E-state index in [9.17, 15) is 0 Å². The predicted octanol–water partition coefficient (Wildman–Crippen LogP) is 6.02. The van der Waals surface area contributed by atoms with E-state index in [-0.39, 0.29) is 6.10 Å². The van der Waals surface area contributed by atoms with Crippen LogP contribution in [0.4, 0.5) is 0 Å². The third-order valence-corrected chi connectivity index (χ3v) is 4.89. The minimum Gasteiger partial charge on any atom is -0.487 e. The molecule has 1 aliphatic heterocycles. The first-order valence-corrected chi connectivity index (χ1v) is 9.46. The maximum absolute atomic E-state index is 6.44. The number of benzene rings is 3. The molecule has 0 amide bonds. The van der Waals surface area contributed by atoms with Gasteiger partial charge >= 0.3 is 0 Å². The van der Waals surface area contributed by atoms with Crippen LogP contribution in [0.2, 0.25) is 10.0 Å². The monoisotopic (exact) mass is 400 g/mol. The van der Waals surface area contributed by atoms with Crippen molar-refractivity contribution >= 4 is 23.2 Å². The van der Waals surface area contributed by atoms with Crippen LogP contribution >= 0.6 is 23.2 Å². The van der Waals surface area contributed by atoms with E-state index in [1.807, 2.05) is 66.7 Å². The molecular weight excluding hydrogens is 383 g/mol. The first kappa shape index (κ1) is 18.2. The third-order valence-electron chi connectivity index (χ3n) is 4.26. The van der Waals surface area contributed by atoms with Crippen LogP contribution in [0.25, 0.3) is 11.1 Å². The summed E-state index contributed by atoms with van der Waals surface area (Å²) in [6.07, 6.45) is 0.152. The number of hydrogen-bond donors (Lipinski definition) is 0. The summed E-state index contributed by atoms with van der Waals surface area (Å²) in [4.78, 5) is 0. The number of rotatable bonds is 7. The fraction of sp³-hybridized carbons (Fsp3) is 0.182. The van der Waals surface area contributed by atoms with Gasteiger partial charge in [-0.05, 0) is 23.8 Å².